The van der Waals surface area contributed by atoms with Gasteiger partial charge in [0.15, 0.2) is 0 Å². The molecule has 0 fully saturated rings. The fraction of sp³-hybridized carbons (Fsp3) is 0. The zero-order chi connectivity index (χ0) is 8.08. The van der Waals surface area contributed by atoms with E-state index in [-0.39, 0.29) is 175 Å². The molecule has 0 spiro atoms. The van der Waals surface area contributed by atoms with Crippen molar-refractivity contribution in [3.8, 4) is 0 Å². The van der Waals surface area contributed by atoms with E-state index in [4.69, 9.17) is 32.8 Å². The molecule has 0 atom stereocenters. The van der Waals surface area contributed by atoms with E-state index in [1.807, 2.05) is 0 Å². The Labute approximate surface area is 218 Å². The van der Waals surface area contributed by atoms with Crippen LogP contribution in [-0.2, 0) is 10.4 Å². The van der Waals surface area contributed by atoms with E-state index in [9.17, 15) is 0 Å². The van der Waals surface area contributed by atoms with Gasteiger partial charge in [-0.3, -0.25) is 9.11 Å². The van der Waals surface area contributed by atoms with Gasteiger partial charge in [-0.15, -0.1) is 22.5 Å². The Morgan fingerprint density at radius 2 is 1.07 bits per heavy atom. The molecule has 14 heavy (non-hydrogen) atoms. The smallest absolute Gasteiger partial charge is 1.00 e. The molecule has 8 nitrogen and oxygen atoms in total. The fourth-order valence-corrected chi connectivity index (χ4v) is 0. The van der Waals surface area contributed by atoms with E-state index in [2.05, 4.69) is 0 Å². The van der Waals surface area contributed by atoms with Gasteiger partial charge in [-0.2, -0.15) is 8.42 Å². The van der Waals surface area contributed by atoms with E-state index in [1.54, 1.807) is 0 Å². The number of rotatable bonds is 0. The maximum absolute atomic E-state index is 8.74. The van der Waals surface area contributed by atoms with Gasteiger partial charge in [0.1, 0.15) is 0 Å². The first-order chi connectivity index (χ1) is 3.73. The van der Waals surface area contributed by atoms with Crippen molar-refractivity contribution in [1.29, 1.82) is 0 Å². The van der Waals surface area contributed by atoms with Gasteiger partial charge in [0.2, 0.25) is 0 Å². The van der Waals surface area contributed by atoms with E-state index in [0.717, 1.165) is 0 Å². The monoisotopic (exact) mass is 365 g/mol. The van der Waals surface area contributed by atoms with Gasteiger partial charge in [0.25, 0.3) is 5.09 Å². The molecule has 0 bridgehead atoms. The predicted octanol–water partition coefficient (Wildman–Crippen LogP) is -1.20. The van der Waals surface area contributed by atoms with Crippen molar-refractivity contribution >= 4 is 174 Å². The average molecular weight is 366 g/mol. The first kappa shape index (κ1) is 42.9. The number of halogens is 1. The molecule has 0 aliphatic carbocycles. The summed E-state index contributed by atoms with van der Waals surface area (Å²) in [6.45, 7) is 0. The van der Waals surface area contributed by atoms with Crippen LogP contribution in [0.4, 0.5) is 0 Å². The molecular weight excluding hydrogens is 354 g/mol. The van der Waals surface area contributed by atoms with Gasteiger partial charge in [0, 0.05) is 0 Å². The van der Waals surface area contributed by atoms with Crippen LogP contribution >= 0.6 is 12.4 Å². The summed E-state index contributed by atoms with van der Waals surface area (Å²) < 4.78 is 31.6. The minimum atomic E-state index is -4.67. The normalized spacial score (nSPS) is 5.86. The maximum Gasteiger partial charge on any atom is 2.00 e. The molecule has 0 heterocycles. The van der Waals surface area contributed by atoms with Crippen molar-refractivity contribution < 1.29 is 39.2 Å². The van der Waals surface area contributed by atoms with Crippen LogP contribution in [0.1, 0.15) is 11.4 Å². The molecular formula is H12Ca4ClNO7S. The Morgan fingerprint density at radius 1 is 1.07 bits per heavy atom. The molecule has 0 saturated heterocycles. The van der Waals surface area contributed by atoms with Gasteiger partial charge in [0.05, 0.1) is 0 Å². The molecule has 0 aromatic rings. The second kappa shape index (κ2) is 26.1. The van der Waals surface area contributed by atoms with Crippen molar-refractivity contribution in [2.45, 2.75) is 0 Å². The van der Waals surface area contributed by atoms with Crippen molar-refractivity contribution in [2.75, 3.05) is 0 Å². The Balaban J connectivity index is -0.00000000216. The summed E-state index contributed by atoms with van der Waals surface area (Å²) in [5.41, 5.74) is 0. The molecule has 0 aromatic heterocycles. The van der Waals surface area contributed by atoms with Gasteiger partial charge in [-0.25, -0.2) is 0 Å². The van der Waals surface area contributed by atoms with Gasteiger partial charge in [-0.05, 0) is 0 Å². The Hall–Kier alpha value is 4.40. The summed E-state index contributed by atoms with van der Waals surface area (Å²) in [5, 5.41) is 13.6. The van der Waals surface area contributed by atoms with E-state index < -0.39 is 15.5 Å². The fourth-order valence-electron chi connectivity index (χ4n) is 0. The zero-order valence-corrected chi connectivity index (χ0v) is 17.5. The van der Waals surface area contributed by atoms with Crippen LogP contribution in [0.15, 0.2) is 0 Å². The summed E-state index contributed by atoms with van der Waals surface area (Å²) in [7, 11) is -4.67. The van der Waals surface area contributed by atoms with Gasteiger partial charge >= 0.3 is 161 Å². The number of hydrogen-bond acceptors (Lipinski definition) is 4. The third-order valence-corrected chi connectivity index (χ3v) is 0. The molecule has 0 rings (SSSR count). The summed E-state index contributed by atoms with van der Waals surface area (Å²) in [6.07, 6.45) is 0. The average Bonchev–Trinajstić information content (AvgIpc) is 1.19. The van der Waals surface area contributed by atoms with Crippen LogP contribution in [0, 0.1) is 10.1 Å². The van der Waals surface area contributed by atoms with E-state index in [0.29, 0.717) is 0 Å². The van der Waals surface area contributed by atoms with Gasteiger partial charge < -0.3 is 16.6 Å². The van der Waals surface area contributed by atoms with Crippen molar-refractivity contribution in [3.63, 3.8) is 0 Å². The molecule has 0 aromatic carbocycles. The van der Waals surface area contributed by atoms with Gasteiger partial charge in [-0.1, -0.05) is 0 Å². The van der Waals surface area contributed by atoms with Crippen LogP contribution in [0.5, 0.6) is 0 Å². The topological polar surface area (TPSA) is 138 Å². The van der Waals surface area contributed by atoms with Crippen molar-refractivity contribution in [1.82, 2.24) is 0 Å². The molecule has 3 N–H and O–H groups in total. The minimum Gasteiger partial charge on any atom is -1.00 e. The molecule has 0 aliphatic rings. The second-order valence-corrected chi connectivity index (χ2v) is 1.58. The number of nitrogens with zero attached hydrogens (tertiary/aromatic N) is 1. The van der Waals surface area contributed by atoms with E-state index >= 15 is 0 Å². The Bertz CT molecular complexity index is 189. The van der Waals surface area contributed by atoms with E-state index in [1.165, 1.54) is 0 Å². The SMILES string of the molecule is Cl.O=S(=O)(O)O.O=[N+]([O-])O.[Ca+2].[Ca+2].[Ca+2].[Ca+2].[H-].[H-].[H-].[H-].[H-].[H-].[H-].[H-]. The molecule has 0 amide bonds. The number of hydrogen-bond donors (Lipinski definition) is 3. The summed E-state index contributed by atoms with van der Waals surface area (Å²) in [6, 6.07) is 0. The molecule has 0 saturated carbocycles. The molecule has 14 heteroatoms. The van der Waals surface area contributed by atoms with Crippen LogP contribution < -0.4 is 0 Å². The van der Waals surface area contributed by atoms with Crippen LogP contribution in [0.25, 0.3) is 0 Å². The third-order valence-electron chi connectivity index (χ3n) is 0. The molecule has 0 radical (unpaired) electrons. The molecule has 0 unspecified atom stereocenters. The minimum absolute atomic E-state index is 0. The van der Waals surface area contributed by atoms with Crippen LogP contribution in [-0.4, -0.2) is 179 Å². The standard InChI is InChI=1S/4Ca.ClH.HNO3.H2O4S.8H/c;;;;;2-1(3)4;1-5(2,3)4;;;;;;;;/h;;;;1H;(H,2,3,4);(H2,1,2,3,4);;;;;;;;/q4*+2;;;;8*-1. The third kappa shape index (κ3) is 201. The predicted molar refractivity (Wildman–Crippen MR) is 62.1 cm³/mol. The van der Waals surface area contributed by atoms with Crippen LogP contribution in [0.2, 0.25) is 0 Å². The Kier molecular flexibility index (Phi) is 79.8. The summed E-state index contributed by atoms with van der Waals surface area (Å²) in [5.74, 6) is 0. The maximum atomic E-state index is 8.74. The Morgan fingerprint density at radius 3 is 1.07 bits per heavy atom. The summed E-state index contributed by atoms with van der Waals surface area (Å²) in [4.78, 5) is 8.36. The molecule has 80 valence electrons. The van der Waals surface area contributed by atoms with Crippen molar-refractivity contribution in [3.05, 3.63) is 10.1 Å². The second-order valence-electron chi connectivity index (χ2n) is 0.686. The largest absolute Gasteiger partial charge is 2.00 e. The summed E-state index contributed by atoms with van der Waals surface area (Å²) >= 11 is 0. The zero-order valence-electron chi connectivity index (χ0n) is 15.1. The van der Waals surface area contributed by atoms with Crippen molar-refractivity contribution in [2.24, 2.45) is 0 Å². The quantitative estimate of drug-likeness (QED) is 0.212. The first-order valence-electron chi connectivity index (χ1n) is 1.26. The molecule has 0 aliphatic heterocycles. The first-order valence-corrected chi connectivity index (χ1v) is 2.66. The van der Waals surface area contributed by atoms with Crippen LogP contribution in [0.3, 0.4) is 0 Å².